The molecular formula is C20H24BrN3O5S. The van der Waals surface area contributed by atoms with Crippen molar-refractivity contribution in [2.75, 3.05) is 30.3 Å². The lowest BCUT2D eigenvalue weighted by Gasteiger charge is -2.21. The van der Waals surface area contributed by atoms with Crippen molar-refractivity contribution in [3.05, 3.63) is 52.5 Å². The first-order valence-corrected chi connectivity index (χ1v) is 11.8. The lowest BCUT2D eigenvalue weighted by Crippen LogP contribution is -2.39. The number of halogens is 1. The molecule has 0 aromatic heterocycles. The Morgan fingerprint density at radius 1 is 1.13 bits per heavy atom. The summed E-state index contributed by atoms with van der Waals surface area (Å²) in [5.74, 6) is 0.624. The molecule has 2 aromatic rings. The van der Waals surface area contributed by atoms with Gasteiger partial charge in [-0.25, -0.2) is 13.8 Å². The minimum atomic E-state index is -3.66. The van der Waals surface area contributed by atoms with Gasteiger partial charge in [0.25, 0.3) is 5.91 Å². The maximum Gasteiger partial charge on any atom is 0.260 e. The lowest BCUT2D eigenvalue weighted by molar-refractivity contribution is -0.119. The van der Waals surface area contributed by atoms with E-state index in [9.17, 15) is 13.2 Å². The second-order valence-electron chi connectivity index (χ2n) is 6.11. The molecule has 0 aliphatic rings. The third-order valence-corrected chi connectivity index (χ3v) is 5.39. The summed E-state index contributed by atoms with van der Waals surface area (Å²) < 4.78 is 37.0. The van der Waals surface area contributed by atoms with Gasteiger partial charge in [0.05, 0.1) is 31.4 Å². The van der Waals surface area contributed by atoms with Gasteiger partial charge in [-0.3, -0.25) is 9.10 Å². The summed E-state index contributed by atoms with van der Waals surface area (Å²) in [5, 5.41) is 3.91. The van der Waals surface area contributed by atoms with Crippen molar-refractivity contribution in [3.63, 3.8) is 0 Å². The zero-order valence-electron chi connectivity index (χ0n) is 17.0. The van der Waals surface area contributed by atoms with E-state index in [4.69, 9.17) is 9.47 Å². The van der Waals surface area contributed by atoms with E-state index < -0.39 is 22.5 Å². The van der Waals surface area contributed by atoms with Crippen LogP contribution in [0, 0.1) is 0 Å². The highest BCUT2D eigenvalue weighted by Crippen LogP contribution is 2.28. The molecule has 1 N–H and O–H groups in total. The molecule has 2 aromatic carbocycles. The van der Waals surface area contributed by atoms with Crippen LogP contribution < -0.4 is 19.2 Å². The number of hydrazone groups is 1. The smallest absolute Gasteiger partial charge is 0.260 e. The average Bonchev–Trinajstić information content (AvgIpc) is 2.67. The van der Waals surface area contributed by atoms with Crippen molar-refractivity contribution in [2.45, 2.75) is 13.8 Å². The quantitative estimate of drug-likeness (QED) is 0.401. The standard InChI is InChI=1S/C20H24BrN3O5S/c1-4-28-18-10-9-15(11-19(18)29-5-2)13-22-23-20(25)14-24(30(3,26)27)17-8-6-7-16(21)12-17/h6-13H,4-5,14H2,1-3H3,(H,23,25)/b22-13-. The second-order valence-corrected chi connectivity index (χ2v) is 8.94. The first-order valence-electron chi connectivity index (χ1n) is 9.19. The summed E-state index contributed by atoms with van der Waals surface area (Å²) in [4.78, 5) is 12.3. The molecule has 0 saturated heterocycles. The molecule has 162 valence electrons. The summed E-state index contributed by atoms with van der Waals surface area (Å²) in [6.07, 6.45) is 2.49. The van der Waals surface area contributed by atoms with Gasteiger partial charge in [-0.15, -0.1) is 0 Å². The van der Waals surface area contributed by atoms with Gasteiger partial charge in [-0.1, -0.05) is 22.0 Å². The lowest BCUT2D eigenvalue weighted by atomic mass is 10.2. The van der Waals surface area contributed by atoms with Crippen molar-refractivity contribution >= 4 is 43.8 Å². The van der Waals surface area contributed by atoms with Gasteiger partial charge in [0.2, 0.25) is 10.0 Å². The van der Waals surface area contributed by atoms with Crippen molar-refractivity contribution in [1.82, 2.24) is 5.43 Å². The molecule has 0 fully saturated rings. The zero-order chi connectivity index (χ0) is 22.1. The molecule has 0 saturated carbocycles. The van der Waals surface area contributed by atoms with Crippen LogP contribution in [0.4, 0.5) is 5.69 Å². The number of carbonyl (C=O) groups is 1. The highest BCUT2D eigenvalue weighted by Gasteiger charge is 2.20. The van der Waals surface area contributed by atoms with E-state index in [0.717, 1.165) is 10.6 Å². The van der Waals surface area contributed by atoms with Crippen LogP contribution in [-0.2, 0) is 14.8 Å². The molecule has 8 nitrogen and oxygen atoms in total. The molecule has 2 rings (SSSR count). The summed E-state index contributed by atoms with van der Waals surface area (Å²) in [7, 11) is -3.66. The van der Waals surface area contributed by atoms with Crippen molar-refractivity contribution in [3.8, 4) is 11.5 Å². The Bertz CT molecular complexity index is 1010. The van der Waals surface area contributed by atoms with Crippen LogP contribution in [0.1, 0.15) is 19.4 Å². The van der Waals surface area contributed by atoms with Gasteiger partial charge in [-0.2, -0.15) is 5.10 Å². The summed E-state index contributed by atoms with van der Waals surface area (Å²) >= 11 is 3.30. The molecular weight excluding hydrogens is 474 g/mol. The highest BCUT2D eigenvalue weighted by molar-refractivity contribution is 9.10. The monoisotopic (exact) mass is 497 g/mol. The number of amides is 1. The number of carbonyl (C=O) groups excluding carboxylic acids is 1. The first-order chi connectivity index (χ1) is 14.2. The fourth-order valence-electron chi connectivity index (χ4n) is 2.52. The van der Waals surface area contributed by atoms with Gasteiger partial charge in [0, 0.05) is 4.47 Å². The van der Waals surface area contributed by atoms with E-state index in [1.165, 1.54) is 6.21 Å². The Labute approximate surface area is 185 Å². The molecule has 30 heavy (non-hydrogen) atoms. The van der Waals surface area contributed by atoms with Crippen molar-refractivity contribution in [1.29, 1.82) is 0 Å². The van der Waals surface area contributed by atoms with Crippen LogP contribution in [0.2, 0.25) is 0 Å². The van der Waals surface area contributed by atoms with Gasteiger partial charge in [0.1, 0.15) is 6.54 Å². The number of hydrogen-bond acceptors (Lipinski definition) is 6. The normalized spacial score (nSPS) is 11.3. The number of ether oxygens (including phenoxy) is 2. The highest BCUT2D eigenvalue weighted by atomic mass is 79.9. The Hall–Kier alpha value is -2.59. The fraction of sp³-hybridized carbons (Fsp3) is 0.300. The number of hydrogen-bond donors (Lipinski definition) is 1. The van der Waals surface area contributed by atoms with Gasteiger partial charge >= 0.3 is 0 Å². The molecule has 0 unspecified atom stereocenters. The van der Waals surface area contributed by atoms with Crippen molar-refractivity contribution < 1.29 is 22.7 Å². The molecule has 1 amide bonds. The largest absolute Gasteiger partial charge is 0.490 e. The molecule has 0 heterocycles. The number of benzene rings is 2. The van der Waals surface area contributed by atoms with Crippen LogP contribution in [0.5, 0.6) is 11.5 Å². The molecule has 0 aliphatic carbocycles. The van der Waals surface area contributed by atoms with Crippen LogP contribution in [-0.4, -0.2) is 46.6 Å². The number of anilines is 1. The number of sulfonamides is 1. The molecule has 0 aliphatic heterocycles. The van der Waals surface area contributed by atoms with Crippen molar-refractivity contribution in [2.24, 2.45) is 5.10 Å². The summed E-state index contributed by atoms with van der Waals surface area (Å²) in [6, 6.07) is 12.0. The van der Waals surface area contributed by atoms with Gasteiger partial charge < -0.3 is 9.47 Å². The zero-order valence-corrected chi connectivity index (χ0v) is 19.4. The number of nitrogens with one attached hydrogen (secondary N) is 1. The second kappa shape index (κ2) is 11.0. The SMILES string of the molecule is CCOc1ccc(/C=N\NC(=O)CN(c2cccc(Br)c2)S(C)(=O)=O)cc1OCC. The van der Waals surface area contributed by atoms with E-state index in [2.05, 4.69) is 26.5 Å². The van der Waals surface area contributed by atoms with Gasteiger partial charge in [0.15, 0.2) is 11.5 Å². The summed E-state index contributed by atoms with van der Waals surface area (Å²) in [6.45, 7) is 4.34. The number of rotatable bonds is 10. The van der Waals surface area contributed by atoms with Gasteiger partial charge in [-0.05, 0) is 55.8 Å². The van der Waals surface area contributed by atoms with E-state index >= 15 is 0 Å². The van der Waals surface area contributed by atoms with Crippen LogP contribution in [0.3, 0.4) is 0 Å². The third kappa shape index (κ3) is 7.03. The maximum atomic E-state index is 12.3. The predicted octanol–water partition coefficient (Wildman–Crippen LogP) is 3.16. The van der Waals surface area contributed by atoms with E-state index in [1.54, 1.807) is 42.5 Å². The Morgan fingerprint density at radius 3 is 2.47 bits per heavy atom. The minimum absolute atomic E-state index is 0.374. The first kappa shape index (κ1) is 23.7. The average molecular weight is 498 g/mol. The Morgan fingerprint density at radius 2 is 1.83 bits per heavy atom. The minimum Gasteiger partial charge on any atom is -0.490 e. The Kier molecular flexibility index (Phi) is 8.67. The molecule has 0 bridgehead atoms. The van der Waals surface area contributed by atoms with Crippen LogP contribution in [0.15, 0.2) is 52.0 Å². The molecule has 0 spiro atoms. The fourth-order valence-corrected chi connectivity index (χ4v) is 3.76. The molecule has 0 atom stereocenters. The van der Waals surface area contributed by atoms with E-state index in [0.29, 0.717) is 40.4 Å². The predicted molar refractivity (Wildman–Crippen MR) is 121 cm³/mol. The van der Waals surface area contributed by atoms with E-state index in [1.807, 2.05) is 13.8 Å². The number of nitrogens with zero attached hydrogens (tertiary/aromatic N) is 2. The third-order valence-electron chi connectivity index (χ3n) is 3.75. The summed E-state index contributed by atoms with van der Waals surface area (Å²) in [5.41, 5.74) is 3.41. The Balaban J connectivity index is 2.08. The maximum absolute atomic E-state index is 12.3. The molecule has 10 heteroatoms. The van der Waals surface area contributed by atoms with E-state index in [-0.39, 0.29) is 0 Å². The topological polar surface area (TPSA) is 97.3 Å². The van der Waals surface area contributed by atoms with Crippen LogP contribution >= 0.6 is 15.9 Å². The van der Waals surface area contributed by atoms with Crippen LogP contribution in [0.25, 0.3) is 0 Å². The molecule has 0 radical (unpaired) electrons.